The number of nitrogens with zero attached hydrogens (tertiary/aromatic N) is 4. The molecule has 0 saturated carbocycles. The standard InChI is InChI=1S/C43H26N4S2/c1-3-13-28(14-4-1)41-44-42(29-15-5-2-6-16-29)46-43(45-41)30-17-11-18-31(26-30)47-38-32-19-8-7-12-27(32)22-23-33(38)34-24-25-37-40(39(34)47)49-36-21-10-9-20-35(36)48-37/h1-26H. The van der Waals surface area contributed by atoms with Gasteiger partial charge in [0.25, 0.3) is 0 Å². The molecule has 10 rings (SSSR count). The van der Waals surface area contributed by atoms with Gasteiger partial charge in [0.2, 0.25) is 0 Å². The third kappa shape index (κ3) is 4.75. The van der Waals surface area contributed by atoms with Crippen LogP contribution in [0.2, 0.25) is 0 Å². The number of rotatable bonds is 4. The van der Waals surface area contributed by atoms with Crippen molar-refractivity contribution in [1.29, 1.82) is 0 Å². The molecule has 7 aromatic carbocycles. The lowest BCUT2D eigenvalue weighted by Crippen LogP contribution is -2.01. The Bertz CT molecular complexity index is 2660. The quantitative estimate of drug-likeness (QED) is 0.188. The van der Waals surface area contributed by atoms with Gasteiger partial charge >= 0.3 is 0 Å². The van der Waals surface area contributed by atoms with E-state index in [-0.39, 0.29) is 0 Å². The van der Waals surface area contributed by atoms with Crippen LogP contribution < -0.4 is 0 Å². The highest BCUT2D eigenvalue weighted by molar-refractivity contribution is 8.05. The van der Waals surface area contributed by atoms with Crippen molar-refractivity contribution in [3.05, 3.63) is 158 Å². The predicted molar refractivity (Wildman–Crippen MR) is 203 cm³/mol. The summed E-state index contributed by atoms with van der Waals surface area (Å²) in [6.45, 7) is 0. The largest absolute Gasteiger partial charge is 0.307 e. The Kier molecular flexibility index (Phi) is 6.64. The van der Waals surface area contributed by atoms with E-state index in [1.807, 2.05) is 84.2 Å². The van der Waals surface area contributed by atoms with E-state index in [2.05, 4.69) is 102 Å². The van der Waals surface area contributed by atoms with Crippen LogP contribution in [-0.2, 0) is 0 Å². The summed E-state index contributed by atoms with van der Waals surface area (Å²) in [5, 5.41) is 4.93. The van der Waals surface area contributed by atoms with Gasteiger partial charge in [0.1, 0.15) is 0 Å². The highest BCUT2D eigenvalue weighted by Crippen LogP contribution is 2.53. The van der Waals surface area contributed by atoms with Crippen molar-refractivity contribution in [3.8, 4) is 39.9 Å². The van der Waals surface area contributed by atoms with E-state index in [1.165, 1.54) is 52.2 Å². The zero-order chi connectivity index (χ0) is 32.3. The summed E-state index contributed by atoms with van der Waals surface area (Å²) in [5.74, 6) is 1.94. The third-order valence-electron chi connectivity index (χ3n) is 9.08. The molecule has 0 radical (unpaired) electrons. The maximum absolute atomic E-state index is 5.05. The molecule has 0 N–H and O–H groups in total. The molecule has 0 saturated heterocycles. The molecular weight excluding hydrogens is 637 g/mol. The Morgan fingerprint density at radius 1 is 0.388 bits per heavy atom. The van der Waals surface area contributed by atoms with Gasteiger partial charge in [-0.25, -0.2) is 15.0 Å². The van der Waals surface area contributed by atoms with Gasteiger partial charge in [-0.05, 0) is 35.7 Å². The van der Waals surface area contributed by atoms with Crippen LogP contribution in [0.5, 0.6) is 0 Å². The predicted octanol–water partition coefficient (Wildman–Crippen LogP) is 11.7. The minimum Gasteiger partial charge on any atom is -0.307 e. The van der Waals surface area contributed by atoms with Crippen LogP contribution >= 0.6 is 23.5 Å². The Labute approximate surface area is 291 Å². The smallest absolute Gasteiger partial charge is 0.164 e. The van der Waals surface area contributed by atoms with Crippen LogP contribution in [0.15, 0.2) is 177 Å². The van der Waals surface area contributed by atoms with E-state index in [4.69, 9.17) is 15.0 Å². The lowest BCUT2D eigenvalue weighted by molar-refractivity contribution is 1.07. The van der Waals surface area contributed by atoms with Gasteiger partial charge in [-0.1, -0.05) is 151 Å². The SMILES string of the molecule is c1ccc(-c2nc(-c3ccccc3)nc(-c3cccc(-n4c5c6c(ccc5c5ccc7ccccc7c54)Sc4ccccc4S6)c3)n2)cc1. The lowest BCUT2D eigenvalue weighted by atomic mass is 10.1. The van der Waals surface area contributed by atoms with Crippen molar-refractivity contribution in [2.45, 2.75) is 19.6 Å². The summed E-state index contributed by atoms with van der Waals surface area (Å²) in [7, 11) is 0. The first-order valence-corrected chi connectivity index (χ1v) is 17.8. The number of hydrogen-bond acceptors (Lipinski definition) is 5. The summed E-state index contributed by atoms with van der Waals surface area (Å²) in [6, 6.07) is 55.4. The van der Waals surface area contributed by atoms with Crippen LogP contribution in [-0.4, -0.2) is 19.5 Å². The van der Waals surface area contributed by atoms with Gasteiger partial charge < -0.3 is 4.57 Å². The topological polar surface area (TPSA) is 43.6 Å². The molecule has 49 heavy (non-hydrogen) atoms. The highest BCUT2D eigenvalue weighted by atomic mass is 32.2. The first-order valence-electron chi connectivity index (χ1n) is 16.2. The summed E-state index contributed by atoms with van der Waals surface area (Å²) >= 11 is 3.72. The highest BCUT2D eigenvalue weighted by Gasteiger charge is 2.25. The molecule has 9 aromatic rings. The first kappa shape index (κ1) is 28.3. The average molecular weight is 663 g/mol. The Morgan fingerprint density at radius 3 is 1.69 bits per heavy atom. The van der Waals surface area contributed by atoms with Crippen molar-refractivity contribution in [2.24, 2.45) is 0 Å². The minimum atomic E-state index is 0.640. The van der Waals surface area contributed by atoms with Crippen molar-refractivity contribution in [2.75, 3.05) is 0 Å². The van der Waals surface area contributed by atoms with Gasteiger partial charge in [-0.3, -0.25) is 0 Å². The van der Waals surface area contributed by atoms with Crippen molar-refractivity contribution in [1.82, 2.24) is 19.5 Å². The second kappa shape index (κ2) is 11.5. The van der Waals surface area contributed by atoms with Gasteiger partial charge in [-0.2, -0.15) is 0 Å². The van der Waals surface area contributed by atoms with E-state index in [1.54, 1.807) is 0 Å². The Morgan fingerprint density at radius 2 is 0.959 bits per heavy atom. The lowest BCUT2D eigenvalue weighted by Gasteiger charge is -2.20. The molecule has 3 heterocycles. The molecule has 230 valence electrons. The van der Waals surface area contributed by atoms with Crippen LogP contribution in [0.4, 0.5) is 0 Å². The molecule has 0 atom stereocenters. The summed E-state index contributed by atoms with van der Waals surface area (Å²) < 4.78 is 2.47. The number of fused-ring (bicyclic) bond motifs is 8. The molecule has 0 spiro atoms. The van der Waals surface area contributed by atoms with Crippen LogP contribution in [0, 0.1) is 0 Å². The van der Waals surface area contributed by atoms with Crippen LogP contribution in [0.3, 0.4) is 0 Å². The van der Waals surface area contributed by atoms with Crippen LogP contribution in [0.1, 0.15) is 0 Å². The van der Waals surface area contributed by atoms with E-state index < -0.39 is 0 Å². The minimum absolute atomic E-state index is 0.640. The zero-order valence-corrected chi connectivity index (χ0v) is 27.7. The number of hydrogen-bond donors (Lipinski definition) is 0. The summed E-state index contributed by atoms with van der Waals surface area (Å²) in [6.07, 6.45) is 0. The molecule has 1 aliphatic rings. The van der Waals surface area contributed by atoms with E-state index in [0.29, 0.717) is 17.5 Å². The number of aromatic nitrogens is 4. The molecule has 0 bridgehead atoms. The summed E-state index contributed by atoms with van der Waals surface area (Å²) in [4.78, 5) is 20.2. The van der Waals surface area contributed by atoms with Crippen molar-refractivity contribution >= 4 is 56.1 Å². The van der Waals surface area contributed by atoms with E-state index >= 15 is 0 Å². The molecule has 1 aliphatic heterocycles. The molecular formula is C43H26N4S2. The molecule has 6 heteroatoms. The number of benzene rings is 7. The zero-order valence-electron chi connectivity index (χ0n) is 26.1. The van der Waals surface area contributed by atoms with Gasteiger partial charge in [0, 0.05) is 53.2 Å². The monoisotopic (exact) mass is 662 g/mol. The first-order chi connectivity index (χ1) is 24.3. The van der Waals surface area contributed by atoms with E-state index in [9.17, 15) is 0 Å². The van der Waals surface area contributed by atoms with Crippen molar-refractivity contribution < 1.29 is 0 Å². The molecule has 2 aromatic heterocycles. The maximum Gasteiger partial charge on any atom is 0.164 e. The molecule has 0 aliphatic carbocycles. The fourth-order valence-corrected chi connectivity index (χ4v) is 9.20. The second-order valence-electron chi connectivity index (χ2n) is 12.0. The summed E-state index contributed by atoms with van der Waals surface area (Å²) in [5.41, 5.74) is 6.33. The van der Waals surface area contributed by atoms with Gasteiger partial charge in [-0.15, -0.1) is 0 Å². The molecule has 0 amide bonds. The Hall–Kier alpha value is -5.69. The van der Waals surface area contributed by atoms with Crippen molar-refractivity contribution in [3.63, 3.8) is 0 Å². The van der Waals surface area contributed by atoms with E-state index in [0.717, 1.165) is 22.4 Å². The average Bonchev–Trinajstić information content (AvgIpc) is 3.53. The fraction of sp³-hybridized carbons (Fsp3) is 0. The maximum atomic E-state index is 5.05. The molecule has 4 nitrogen and oxygen atoms in total. The fourth-order valence-electron chi connectivity index (χ4n) is 6.82. The second-order valence-corrected chi connectivity index (χ2v) is 14.2. The molecule has 0 fully saturated rings. The van der Waals surface area contributed by atoms with Gasteiger partial charge in [0.15, 0.2) is 17.5 Å². The third-order valence-corrected chi connectivity index (χ3v) is 11.7. The van der Waals surface area contributed by atoms with Crippen LogP contribution in [0.25, 0.3) is 72.4 Å². The Balaban J connectivity index is 1.24. The van der Waals surface area contributed by atoms with Gasteiger partial charge in [0.05, 0.1) is 15.9 Å². The normalized spacial score (nSPS) is 12.3. The molecule has 0 unspecified atom stereocenters.